The van der Waals surface area contributed by atoms with Crippen molar-refractivity contribution in [2.45, 2.75) is 37.8 Å². The highest BCUT2D eigenvalue weighted by Gasteiger charge is 2.38. The van der Waals surface area contributed by atoms with E-state index in [9.17, 15) is 13.2 Å². The Morgan fingerprint density at radius 1 is 1.16 bits per heavy atom. The van der Waals surface area contributed by atoms with Gasteiger partial charge in [0.1, 0.15) is 0 Å². The van der Waals surface area contributed by atoms with Gasteiger partial charge in [0.05, 0.1) is 11.4 Å². The monoisotopic (exact) mass is 385 g/mol. The van der Waals surface area contributed by atoms with Crippen LogP contribution in [0.2, 0.25) is 0 Å². The van der Waals surface area contributed by atoms with Crippen molar-refractivity contribution >= 4 is 34.0 Å². The van der Waals surface area contributed by atoms with Gasteiger partial charge < -0.3 is 10.2 Å². The van der Waals surface area contributed by atoms with E-state index in [1.165, 1.54) is 4.31 Å². The summed E-state index contributed by atoms with van der Waals surface area (Å²) in [5.41, 5.74) is 1.20. The molecule has 1 amide bonds. The quantitative estimate of drug-likeness (QED) is 0.839. The Hall–Kier alpha value is -1.31. The van der Waals surface area contributed by atoms with Gasteiger partial charge in [-0.25, -0.2) is 8.42 Å². The number of anilines is 1. The summed E-state index contributed by atoms with van der Waals surface area (Å²) >= 11 is 0. The van der Waals surface area contributed by atoms with Crippen molar-refractivity contribution in [3.8, 4) is 0 Å². The number of fused-ring (bicyclic) bond motifs is 2. The summed E-state index contributed by atoms with van der Waals surface area (Å²) in [7, 11) is -3.22. The van der Waals surface area contributed by atoms with Crippen LogP contribution in [0.25, 0.3) is 0 Å². The minimum atomic E-state index is -3.22. The first-order chi connectivity index (χ1) is 11.6. The van der Waals surface area contributed by atoms with Crippen LogP contribution in [-0.4, -0.2) is 56.7 Å². The molecule has 2 bridgehead atoms. The van der Waals surface area contributed by atoms with Crippen molar-refractivity contribution in [2.24, 2.45) is 0 Å². The Bertz CT molecular complexity index is 741. The van der Waals surface area contributed by atoms with Gasteiger partial charge in [-0.1, -0.05) is 6.07 Å². The molecular formula is C17H24ClN3O3S. The maximum Gasteiger partial charge on any atom is 0.254 e. The Labute approximate surface area is 155 Å². The Balaban J connectivity index is 0.00000182. The van der Waals surface area contributed by atoms with E-state index in [0.29, 0.717) is 30.3 Å². The summed E-state index contributed by atoms with van der Waals surface area (Å²) in [6.45, 7) is 2.30. The maximum absolute atomic E-state index is 13.1. The van der Waals surface area contributed by atoms with Gasteiger partial charge in [0.25, 0.3) is 5.91 Å². The minimum Gasteiger partial charge on any atom is -0.331 e. The van der Waals surface area contributed by atoms with Crippen LogP contribution < -0.4 is 9.62 Å². The third-order valence-corrected chi connectivity index (χ3v) is 7.24. The summed E-state index contributed by atoms with van der Waals surface area (Å²) < 4.78 is 25.7. The van der Waals surface area contributed by atoms with E-state index in [1.54, 1.807) is 24.3 Å². The molecule has 6 nitrogen and oxygen atoms in total. The van der Waals surface area contributed by atoms with Crippen LogP contribution in [0.4, 0.5) is 5.69 Å². The standard InChI is InChI=1S/C17H23N3O3S.ClH/c21-17(20-14-5-6-16(20)12-18-8-7-14)13-3-1-4-15(11-13)19-9-2-10-24(19,22)23;/h1,3-4,11,14,16,18H,2,5-10,12H2;1H. The van der Waals surface area contributed by atoms with Crippen LogP contribution in [0.3, 0.4) is 0 Å². The van der Waals surface area contributed by atoms with Gasteiger partial charge >= 0.3 is 0 Å². The highest BCUT2D eigenvalue weighted by Crippen LogP contribution is 2.31. The zero-order valence-electron chi connectivity index (χ0n) is 14.1. The van der Waals surface area contributed by atoms with E-state index in [4.69, 9.17) is 0 Å². The molecule has 2 unspecified atom stereocenters. The second-order valence-electron chi connectivity index (χ2n) is 6.88. The number of benzene rings is 1. The van der Waals surface area contributed by atoms with Crippen molar-refractivity contribution in [3.05, 3.63) is 29.8 Å². The van der Waals surface area contributed by atoms with Crippen LogP contribution in [0.15, 0.2) is 24.3 Å². The highest BCUT2D eigenvalue weighted by atomic mass is 35.5. The zero-order valence-corrected chi connectivity index (χ0v) is 15.7. The fourth-order valence-corrected chi connectivity index (χ4v) is 5.74. The lowest BCUT2D eigenvalue weighted by Crippen LogP contribution is -2.42. The van der Waals surface area contributed by atoms with Crippen molar-refractivity contribution < 1.29 is 13.2 Å². The first-order valence-electron chi connectivity index (χ1n) is 8.70. The van der Waals surface area contributed by atoms with Gasteiger partial charge in [0.15, 0.2) is 0 Å². The molecule has 3 heterocycles. The molecule has 138 valence electrons. The lowest BCUT2D eigenvalue weighted by atomic mass is 10.1. The van der Waals surface area contributed by atoms with Gasteiger partial charge in [-0.3, -0.25) is 9.10 Å². The zero-order chi connectivity index (χ0) is 16.7. The Morgan fingerprint density at radius 3 is 2.72 bits per heavy atom. The number of carbonyl (C=O) groups is 1. The summed E-state index contributed by atoms with van der Waals surface area (Å²) in [6, 6.07) is 7.66. The number of nitrogens with one attached hydrogen (secondary N) is 1. The molecule has 3 fully saturated rings. The SMILES string of the molecule is Cl.O=C(c1cccc(N2CCCS2(=O)=O)c1)N1C2CCNCC1CC2. The molecule has 3 aliphatic rings. The molecule has 0 radical (unpaired) electrons. The molecule has 1 aromatic carbocycles. The second-order valence-corrected chi connectivity index (χ2v) is 8.90. The van der Waals surface area contributed by atoms with E-state index < -0.39 is 10.0 Å². The van der Waals surface area contributed by atoms with E-state index in [-0.39, 0.29) is 30.1 Å². The van der Waals surface area contributed by atoms with Crippen molar-refractivity contribution in [1.82, 2.24) is 10.2 Å². The van der Waals surface area contributed by atoms with Crippen LogP contribution in [-0.2, 0) is 10.0 Å². The molecule has 3 saturated heterocycles. The van der Waals surface area contributed by atoms with Crippen molar-refractivity contribution in [3.63, 3.8) is 0 Å². The van der Waals surface area contributed by atoms with E-state index in [1.807, 2.05) is 4.90 Å². The average molecular weight is 386 g/mol. The summed E-state index contributed by atoms with van der Waals surface area (Å²) in [4.78, 5) is 15.1. The van der Waals surface area contributed by atoms with E-state index >= 15 is 0 Å². The number of carbonyl (C=O) groups excluding carboxylic acids is 1. The number of hydrogen-bond donors (Lipinski definition) is 1. The minimum absolute atomic E-state index is 0. The molecule has 2 atom stereocenters. The number of sulfonamides is 1. The van der Waals surface area contributed by atoms with Gasteiger partial charge in [-0.2, -0.15) is 0 Å². The number of hydrogen-bond acceptors (Lipinski definition) is 4. The van der Waals surface area contributed by atoms with Crippen molar-refractivity contribution in [2.75, 3.05) is 29.7 Å². The van der Waals surface area contributed by atoms with Crippen LogP contribution in [0.1, 0.15) is 36.0 Å². The predicted molar refractivity (Wildman–Crippen MR) is 99.9 cm³/mol. The summed E-state index contributed by atoms with van der Waals surface area (Å²) in [5.74, 6) is 0.220. The Morgan fingerprint density at radius 2 is 1.96 bits per heavy atom. The van der Waals surface area contributed by atoms with Gasteiger partial charge in [-0.05, 0) is 50.4 Å². The molecule has 25 heavy (non-hydrogen) atoms. The van der Waals surface area contributed by atoms with Gasteiger partial charge in [0.2, 0.25) is 10.0 Å². The highest BCUT2D eigenvalue weighted by molar-refractivity contribution is 7.93. The van der Waals surface area contributed by atoms with Crippen LogP contribution in [0.5, 0.6) is 0 Å². The summed E-state index contributed by atoms with van der Waals surface area (Å²) in [5, 5.41) is 3.40. The fourth-order valence-electron chi connectivity index (χ4n) is 4.19. The molecule has 0 aliphatic carbocycles. The average Bonchev–Trinajstić information content (AvgIpc) is 3.04. The topological polar surface area (TPSA) is 69.7 Å². The van der Waals surface area contributed by atoms with Gasteiger partial charge in [0, 0.05) is 30.7 Å². The molecule has 0 saturated carbocycles. The molecule has 3 aliphatic heterocycles. The first kappa shape index (κ1) is 18.5. The normalized spacial score (nSPS) is 27.7. The molecule has 1 aromatic rings. The Kier molecular flexibility index (Phi) is 5.27. The van der Waals surface area contributed by atoms with Crippen molar-refractivity contribution in [1.29, 1.82) is 0 Å². The number of halogens is 1. The molecule has 0 spiro atoms. The lowest BCUT2D eigenvalue weighted by molar-refractivity contribution is 0.0680. The maximum atomic E-state index is 13.1. The van der Waals surface area contributed by atoms with Crippen LogP contribution in [0, 0.1) is 0 Å². The molecule has 8 heteroatoms. The fraction of sp³-hybridized carbons (Fsp3) is 0.588. The molecule has 1 N–H and O–H groups in total. The number of amides is 1. The predicted octanol–water partition coefficient (Wildman–Crippen LogP) is 1.61. The van der Waals surface area contributed by atoms with E-state index in [0.717, 1.165) is 32.4 Å². The third-order valence-electron chi connectivity index (χ3n) is 5.37. The van der Waals surface area contributed by atoms with Crippen LogP contribution >= 0.6 is 12.4 Å². The first-order valence-corrected chi connectivity index (χ1v) is 10.3. The third kappa shape index (κ3) is 3.37. The second kappa shape index (κ2) is 7.13. The molecular weight excluding hydrogens is 362 g/mol. The van der Waals surface area contributed by atoms with Gasteiger partial charge in [-0.15, -0.1) is 12.4 Å². The number of nitrogens with zero attached hydrogens (tertiary/aromatic N) is 2. The van der Waals surface area contributed by atoms with E-state index in [2.05, 4.69) is 5.32 Å². The number of rotatable bonds is 2. The smallest absolute Gasteiger partial charge is 0.254 e. The molecule has 0 aromatic heterocycles. The summed E-state index contributed by atoms with van der Waals surface area (Å²) in [6.07, 6.45) is 3.74. The largest absolute Gasteiger partial charge is 0.331 e. The lowest BCUT2D eigenvalue weighted by Gasteiger charge is -2.28. The molecule has 4 rings (SSSR count).